The van der Waals surface area contributed by atoms with E-state index in [4.69, 9.17) is 18.9 Å². The third-order valence-electron chi connectivity index (χ3n) is 3.64. The number of methoxy groups -OCH3 is 3. The van der Waals surface area contributed by atoms with E-state index >= 15 is 0 Å². The van der Waals surface area contributed by atoms with Gasteiger partial charge in [-0.1, -0.05) is 12.1 Å². The van der Waals surface area contributed by atoms with Gasteiger partial charge in [0.25, 0.3) is 0 Å². The van der Waals surface area contributed by atoms with Crippen LogP contribution in [0.2, 0.25) is 0 Å². The monoisotopic (exact) mass is 300 g/mol. The molecule has 1 aliphatic rings. The van der Waals surface area contributed by atoms with Gasteiger partial charge in [0.1, 0.15) is 28.6 Å². The SMILES string of the molecule is COc1ccc([C@H]2Oc3cc(OC)cc(OC)c3C2=O)cc1. The number of ether oxygens (including phenoxy) is 4. The number of hydrogen-bond donors (Lipinski definition) is 0. The molecule has 1 atom stereocenters. The molecule has 0 saturated carbocycles. The fourth-order valence-electron chi connectivity index (χ4n) is 2.49. The van der Waals surface area contributed by atoms with Gasteiger partial charge in [-0.2, -0.15) is 0 Å². The van der Waals surface area contributed by atoms with Gasteiger partial charge in [0.05, 0.1) is 21.3 Å². The summed E-state index contributed by atoms with van der Waals surface area (Å²) in [4.78, 5) is 12.7. The van der Waals surface area contributed by atoms with Crippen molar-refractivity contribution < 1.29 is 23.7 Å². The van der Waals surface area contributed by atoms with Crippen LogP contribution in [0.3, 0.4) is 0 Å². The lowest BCUT2D eigenvalue weighted by atomic mass is 10.0. The van der Waals surface area contributed by atoms with Crippen LogP contribution in [-0.4, -0.2) is 27.1 Å². The second kappa shape index (κ2) is 5.60. The largest absolute Gasteiger partial charge is 0.497 e. The van der Waals surface area contributed by atoms with E-state index in [1.807, 2.05) is 12.1 Å². The zero-order valence-corrected chi connectivity index (χ0v) is 12.6. The van der Waals surface area contributed by atoms with Crippen LogP contribution < -0.4 is 18.9 Å². The van der Waals surface area contributed by atoms with Crippen LogP contribution in [0.4, 0.5) is 0 Å². The predicted octanol–water partition coefficient (Wildman–Crippen LogP) is 3.03. The highest BCUT2D eigenvalue weighted by Crippen LogP contribution is 2.44. The Balaban J connectivity index is 1.99. The molecule has 0 aromatic heterocycles. The minimum absolute atomic E-state index is 0.125. The van der Waals surface area contributed by atoms with Gasteiger partial charge < -0.3 is 18.9 Å². The van der Waals surface area contributed by atoms with E-state index in [0.717, 1.165) is 11.3 Å². The Kier molecular flexibility index (Phi) is 3.63. The van der Waals surface area contributed by atoms with Crippen LogP contribution in [0.1, 0.15) is 22.0 Å². The fraction of sp³-hybridized carbons (Fsp3) is 0.235. The minimum Gasteiger partial charge on any atom is -0.497 e. The Labute approximate surface area is 128 Å². The summed E-state index contributed by atoms with van der Waals surface area (Å²) in [5.41, 5.74) is 1.21. The number of benzene rings is 2. The average molecular weight is 300 g/mol. The predicted molar refractivity (Wildman–Crippen MR) is 80.2 cm³/mol. The number of rotatable bonds is 4. The van der Waals surface area contributed by atoms with E-state index in [-0.39, 0.29) is 5.78 Å². The Bertz CT molecular complexity index is 706. The summed E-state index contributed by atoms with van der Waals surface area (Å²) >= 11 is 0. The molecule has 1 heterocycles. The maximum absolute atomic E-state index is 12.7. The normalized spacial score (nSPS) is 16.0. The highest BCUT2D eigenvalue weighted by atomic mass is 16.5. The Hall–Kier alpha value is -2.69. The van der Waals surface area contributed by atoms with Crippen molar-refractivity contribution in [2.75, 3.05) is 21.3 Å². The van der Waals surface area contributed by atoms with Crippen LogP contribution >= 0.6 is 0 Å². The maximum atomic E-state index is 12.7. The van der Waals surface area contributed by atoms with Crippen molar-refractivity contribution in [2.45, 2.75) is 6.10 Å². The fourth-order valence-corrected chi connectivity index (χ4v) is 2.49. The first-order valence-electron chi connectivity index (χ1n) is 6.78. The van der Waals surface area contributed by atoms with Crippen LogP contribution in [0.15, 0.2) is 36.4 Å². The third-order valence-corrected chi connectivity index (χ3v) is 3.64. The molecule has 3 rings (SSSR count). The highest BCUT2D eigenvalue weighted by molar-refractivity contribution is 6.07. The molecule has 0 amide bonds. The Morgan fingerprint density at radius 2 is 1.59 bits per heavy atom. The first-order valence-corrected chi connectivity index (χ1v) is 6.78. The lowest BCUT2D eigenvalue weighted by molar-refractivity contribution is 0.0856. The molecule has 114 valence electrons. The van der Waals surface area contributed by atoms with Crippen LogP contribution in [0.25, 0.3) is 0 Å². The van der Waals surface area contributed by atoms with Crippen molar-refractivity contribution in [3.63, 3.8) is 0 Å². The molecular weight excluding hydrogens is 284 g/mol. The standard InChI is InChI=1S/C17H16O5/c1-19-11-6-4-10(5-7-11)17-16(18)15-13(21-3)8-12(20-2)9-14(15)22-17/h4-9,17H,1-3H3/t17-/m1/s1. The van der Waals surface area contributed by atoms with Crippen LogP contribution in [0, 0.1) is 0 Å². The molecule has 5 nitrogen and oxygen atoms in total. The molecule has 0 spiro atoms. The number of carbonyl (C=O) groups excluding carboxylic acids is 1. The number of carbonyl (C=O) groups is 1. The molecule has 5 heteroatoms. The molecule has 0 bridgehead atoms. The first-order chi connectivity index (χ1) is 10.7. The molecule has 0 radical (unpaired) electrons. The van der Waals surface area contributed by atoms with Crippen molar-refractivity contribution in [2.24, 2.45) is 0 Å². The van der Waals surface area contributed by atoms with Gasteiger partial charge in [0, 0.05) is 17.7 Å². The molecule has 22 heavy (non-hydrogen) atoms. The number of ketones is 1. The van der Waals surface area contributed by atoms with E-state index in [9.17, 15) is 4.79 Å². The van der Waals surface area contributed by atoms with Gasteiger partial charge in [-0.3, -0.25) is 4.79 Å². The molecule has 2 aromatic carbocycles. The highest BCUT2D eigenvalue weighted by Gasteiger charge is 2.37. The molecule has 2 aromatic rings. The van der Waals surface area contributed by atoms with Crippen molar-refractivity contribution in [3.8, 4) is 23.0 Å². The van der Waals surface area contributed by atoms with Gasteiger partial charge in [0.15, 0.2) is 6.10 Å². The number of Topliss-reactive ketones (excluding diaryl/α,β-unsaturated/α-hetero) is 1. The van der Waals surface area contributed by atoms with Gasteiger partial charge in [-0.25, -0.2) is 0 Å². The molecule has 0 fully saturated rings. The maximum Gasteiger partial charge on any atom is 0.215 e. The molecule has 0 saturated heterocycles. The summed E-state index contributed by atoms with van der Waals surface area (Å²) in [5.74, 6) is 2.11. The summed E-state index contributed by atoms with van der Waals surface area (Å²) in [6, 6.07) is 10.6. The van der Waals surface area contributed by atoms with Crippen LogP contribution in [0.5, 0.6) is 23.0 Å². The zero-order chi connectivity index (χ0) is 15.7. The summed E-state index contributed by atoms with van der Waals surface area (Å²) in [6.07, 6.45) is -0.679. The zero-order valence-electron chi connectivity index (χ0n) is 12.6. The van der Waals surface area contributed by atoms with E-state index in [1.54, 1.807) is 38.5 Å². The van der Waals surface area contributed by atoms with E-state index < -0.39 is 6.10 Å². The number of hydrogen-bond acceptors (Lipinski definition) is 5. The van der Waals surface area contributed by atoms with Gasteiger partial charge >= 0.3 is 0 Å². The summed E-state index contributed by atoms with van der Waals surface area (Å²) in [6.45, 7) is 0. The van der Waals surface area contributed by atoms with Gasteiger partial charge in [-0.05, 0) is 12.1 Å². The van der Waals surface area contributed by atoms with Crippen molar-refractivity contribution in [3.05, 3.63) is 47.5 Å². The summed E-state index contributed by atoms with van der Waals surface area (Å²) < 4.78 is 21.4. The first kappa shape index (κ1) is 14.3. The van der Waals surface area contributed by atoms with Crippen LogP contribution in [-0.2, 0) is 0 Å². The van der Waals surface area contributed by atoms with Crippen molar-refractivity contribution >= 4 is 5.78 Å². The quantitative estimate of drug-likeness (QED) is 0.868. The molecular formula is C17H16O5. The second-order valence-electron chi connectivity index (χ2n) is 4.84. The Morgan fingerprint density at radius 1 is 0.909 bits per heavy atom. The summed E-state index contributed by atoms with van der Waals surface area (Å²) in [5, 5.41) is 0. The van der Waals surface area contributed by atoms with Gasteiger partial charge in [-0.15, -0.1) is 0 Å². The smallest absolute Gasteiger partial charge is 0.215 e. The summed E-state index contributed by atoms with van der Waals surface area (Å²) in [7, 11) is 4.67. The van der Waals surface area contributed by atoms with Crippen molar-refractivity contribution in [1.82, 2.24) is 0 Å². The lowest BCUT2D eigenvalue weighted by Crippen LogP contribution is -2.11. The topological polar surface area (TPSA) is 54.0 Å². The molecule has 0 N–H and O–H groups in total. The second-order valence-corrected chi connectivity index (χ2v) is 4.84. The lowest BCUT2D eigenvalue weighted by Gasteiger charge is -2.10. The molecule has 1 aliphatic heterocycles. The Morgan fingerprint density at radius 3 is 2.18 bits per heavy atom. The molecule has 0 unspecified atom stereocenters. The van der Waals surface area contributed by atoms with E-state index in [2.05, 4.69) is 0 Å². The minimum atomic E-state index is -0.679. The molecule has 0 aliphatic carbocycles. The van der Waals surface area contributed by atoms with Crippen molar-refractivity contribution in [1.29, 1.82) is 0 Å². The van der Waals surface area contributed by atoms with E-state index in [1.165, 1.54) is 7.11 Å². The average Bonchev–Trinajstić information content (AvgIpc) is 2.91. The van der Waals surface area contributed by atoms with E-state index in [0.29, 0.717) is 22.8 Å². The third kappa shape index (κ3) is 2.24. The van der Waals surface area contributed by atoms with Gasteiger partial charge in [0.2, 0.25) is 5.78 Å². The number of fused-ring (bicyclic) bond motifs is 1.